The van der Waals surface area contributed by atoms with Crippen molar-refractivity contribution < 1.29 is 86.9 Å². The van der Waals surface area contributed by atoms with Crippen molar-refractivity contribution in [1.29, 1.82) is 0 Å². The number of amides is 13. The van der Waals surface area contributed by atoms with Crippen LogP contribution >= 0.6 is 11.8 Å². The quantitative estimate of drug-likeness (QED) is 0.0155. The minimum absolute atomic E-state index is 0.00777. The zero-order valence-corrected chi connectivity index (χ0v) is 54.9. The Morgan fingerprint density at radius 3 is 2.30 bits per heavy atom. The van der Waals surface area contributed by atoms with Gasteiger partial charge in [-0.1, -0.05) is 33.6 Å². The van der Waals surface area contributed by atoms with Crippen LogP contribution < -0.4 is 58.3 Å². The lowest BCUT2D eigenvalue weighted by Crippen LogP contribution is -2.61. The third kappa shape index (κ3) is 21.1. The van der Waals surface area contributed by atoms with Crippen molar-refractivity contribution in [2.24, 2.45) is 29.4 Å². The lowest BCUT2D eigenvalue weighted by molar-refractivity contribution is -0.143. The first-order valence-corrected chi connectivity index (χ1v) is 34.1. The van der Waals surface area contributed by atoms with Crippen molar-refractivity contribution in [3.8, 4) is 5.75 Å². The number of carbonyl (C=O) groups excluding carboxylic acids is 13. The first-order chi connectivity index (χ1) is 44.9. The maximum atomic E-state index is 15.2. The van der Waals surface area contributed by atoms with Crippen LogP contribution in [0.25, 0.3) is 10.9 Å². The molecule has 2 fully saturated rings. The molecule has 0 radical (unpaired) electrons. The Morgan fingerprint density at radius 2 is 1.63 bits per heavy atom. The summed E-state index contributed by atoms with van der Waals surface area (Å²) in [6.07, 6.45) is 4.11. The zero-order chi connectivity index (χ0) is 68.8. The van der Waals surface area contributed by atoms with E-state index < -0.39 is 151 Å². The van der Waals surface area contributed by atoms with E-state index in [1.807, 2.05) is 0 Å². The number of nitrogens with one attached hydrogen (secondary N) is 10. The van der Waals surface area contributed by atoms with E-state index in [9.17, 15) is 77.6 Å². The van der Waals surface area contributed by atoms with Gasteiger partial charge < -0.3 is 88.1 Å². The Morgan fingerprint density at radius 1 is 0.904 bits per heavy atom. The molecule has 0 bridgehead atoms. The average Bonchev–Trinajstić information content (AvgIpc) is 1.62. The minimum atomic E-state index is -2.33. The normalized spacial score (nSPS) is 23.4. The Balaban J connectivity index is 1.18. The van der Waals surface area contributed by atoms with Crippen molar-refractivity contribution in [2.45, 2.75) is 151 Å². The predicted molar refractivity (Wildman–Crippen MR) is 341 cm³/mol. The molecule has 4 aliphatic rings. The number of aromatic nitrogens is 1. The Kier molecular flexibility index (Phi) is 29.4. The van der Waals surface area contributed by atoms with Crippen LogP contribution in [0, 0.1) is 23.7 Å². The SMILES string of the molecule is CC[C@H](C)[C@H](NC(=O)CNC=O)C(=O)NCC(=O)N[C@H]1C[S+]([O-])c2[nH]c3c(CSCCNC(=O)CCCCCNC(=O)C4CCC(CN5C(=O)C=CC5=O)CC4)c(OC)ccc3c2CCNC(=O)[C@H]([C@@H](C)[C@@H](O)CO)NC(=O)[C@@H]2C[C@@H](O)CN2C(=O)[C@H](CC(N)=O)NC1=O. The summed E-state index contributed by atoms with van der Waals surface area (Å²) in [6, 6.07) is -4.61. The molecule has 94 heavy (non-hydrogen) atoms. The van der Waals surface area contributed by atoms with E-state index in [0.29, 0.717) is 98.1 Å². The maximum absolute atomic E-state index is 15.2. The molecule has 1 unspecified atom stereocenters. The topological polar surface area (TPSA) is 471 Å². The van der Waals surface area contributed by atoms with Crippen LogP contribution in [0.15, 0.2) is 29.3 Å². The summed E-state index contributed by atoms with van der Waals surface area (Å²) in [7, 11) is 1.45. The largest absolute Gasteiger partial charge is 0.610 e. The fourth-order valence-corrected chi connectivity index (χ4v) is 14.0. The molecule has 6 rings (SSSR count). The summed E-state index contributed by atoms with van der Waals surface area (Å²) in [4.78, 5) is 176. The van der Waals surface area contributed by atoms with Gasteiger partial charge in [0.15, 0.2) is 6.04 Å². The molecule has 518 valence electrons. The van der Waals surface area contributed by atoms with Crippen molar-refractivity contribution in [2.75, 3.05) is 71.0 Å². The number of ether oxygens (including phenoxy) is 1. The lowest BCUT2D eigenvalue weighted by atomic mass is 9.81. The highest BCUT2D eigenvalue weighted by Gasteiger charge is 2.45. The molecule has 1 aromatic carbocycles. The summed E-state index contributed by atoms with van der Waals surface area (Å²) in [5.74, 6) is -9.74. The second-order valence-electron chi connectivity index (χ2n) is 24.0. The smallest absolute Gasteiger partial charge is 0.253 e. The van der Waals surface area contributed by atoms with Crippen molar-refractivity contribution >= 4 is 111 Å². The number of aliphatic hydroxyl groups is 3. The number of hydrogen-bond donors (Lipinski definition) is 14. The number of aliphatic hydroxyl groups excluding tert-OH is 3. The fourth-order valence-electron chi connectivity index (χ4n) is 11.7. The number of H-pyrrole nitrogens is 1. The van der Waals surface area contributed by atoms with Crippen LogP contribution in [-0.2, 0) is 85.7 Å². The average molecular weight is 1360 g/mol. The molecule has 10 atom stereocenters. The molecule has 4 heterocycles. The van der Waals surface area contributed by atoms with Crippen LogP contribution in [0.5, 0.6) is 5.75 Å². The van der Waals surface area contributed by atoms with E-state index in [-0.39, 0.29) is 72.1 Å². The molecule has 1 saturated heterocycles. The molecular formula is C61H89N13O18S2. The second-order valence-corrected chi connectivity index (χ2v) is 26.5. The number of methoxy groups -OCH3 is 1. The number of rotatable bonds is 30. The fraction of sp³-hybridized carbons (Fsp3) is 0.623. The van der Waals surface area contributed by atoms with Gasteiger partial charge in [-0.2, -0.15) is 11.8 Å². The summed E-state index contributed by atoms with van der Waals surface area (Å²) < 4.78 is 20.9. The van der Waals surface area contributed by atoms with Gasteiger partial charge in [0.25, 0.3) is 11.8 Å². The summed E-state index contributed by atoms with van der Waals surface area (Å²) in [6.45, 7) is 3.16. The number of fused-ring (bicyclic) bond motifs is 4. The molecule has 1 aliphatic carbocycles. The summed E-state index contributed by atoms with van der Waals surface area (Å²) >= 11 is -0.901. The molecule has 0 spiro atoms. The molecule has 2 aromatic rings. The van der Waals surface area contributed by atoms with Gasteiger partial charge in [-0.3, -0.25) is 67.2 Å². The lowest BCUT2D eigenvalue weighted by Gasteiger charge is -2.32. The first-order valence-electron chi connectivity index (χ1n) is 31.6. The third-order valence-electron chi connectivity index (χ3n) is 17.3. The number of unbranched alkanes of at least 4 members (excludes halogenated alkanes) is 2. The van der Waals surface area contributed by atoms with E-state index in [4.69, 9.17) is 10.5 Å². The zero-order valence-electron chi connectivity index (χ0n) is 53.3. The number of benzene rings is 1. The number of nitrogens with two attached hydrogens (primary N) is 1. The number of aromatic amines is 1. The third-order valence-corrected chi connectivity index (χ3v) is 19.7. The Labute approximate surface area is 551 Å². The standard InChI is InChI=1S/C61H89N13O18S2/c1-5-33(2)52(70-48(81)25-63-32-76)58(88)67-26-49(82)68-42-31-94(91)60-39(18-20-66-59(89)53(34(3)44(78)29-75)71-57(87)43-23-37(77)28-73(43)61(90)41(24-46(62)79)69-56(42)86)38-14-15-45(92-4)40(54(38)72-60)30-93-22-21-64-47(80)9-7-6-8-19-65-55(85)36-12-10-35(11-13-36)27-74-50(83)16-17-51(74)84/h14-17,32-37,41-44,52-53,72,75,77-78H,5-13,18-31H2,1-4H3,(H2,62,79)(H,63,76)(H,64,80)(H,65,85)(H,66,89)(H,67,88)(H,68,82)(H,69,86)(H,70,81)(H,71,87)/t33-,34-,35?,36?,37+,41-,42-,43-,44-,52-,53-,94?/m0/s1. The van der Waals surface area contributed by atoms with Crippen LogP contribution in [-0.4, -0.2) is 225 Å². The molecule has 13 amide bonds. The number of carbonyl (C=O) groups is 13. The molecule has 1 saturated carbocycles. The van der Waals surface area contributed by atoms with Gasteiger partial charge in [0, 0.05) is 109 Å². The van der Waals surface area contributed by atoms with E-state index >= 15 is 4.55 Å². The van der Waals surface area contributed by atoms with Gasteiger partial charge in [0.05, 0.1) is 51.0 Å². The van der Waals surface area contributed by atoms with Gasteiger partial charge in [-0.15, -0.1) is 0 Å². The summed E-state index contributed by atoms with van der Waals surface area (Å²) in [5.41, 5.74) is 6.96. The Hall–Kier alpha value is -7.85. The summed E-state index contributed by atoms with van der Waals surface area (Å²) in [5, 5.41) is 55.3. The molecule has 1 aromatic heterocycles. The number of hydrogen-bond acceptors (Lipinski definition) is 19. The highest BCUT2D eigenvalue weighted by atomic mass is 32.2. The highest BCUT2D eigenvalue weighted by molar-refractivity contribution is 7.98. The van der Waals surface area contributed by atoms with Crippen molar-refractivity contribution in [3.05, 3.63) is 35.4 Å². The monoisotopic (exact) mass is 1360 g/mol. The van der Waals surface area contributed by atoms with E-state index in [1.54, 1.807) is 26.0 Å². The number of thioether (sulfide) groups is 1. The number of nitrogens with zero attached hydrogens (tertiary/aromatic N) is 2. The van der Waals surface area contributed by atoms with E-state index in [1.165, 1.54) is 42.8 Å². The Bertz CT molecular complexity index is 3090. The second kappa shape index (κ2) is 36.7. The predicted octanol–water partition coefficient (Wildman–Crippen LogP) is -3.61. The molecule has 33 heteroatoms. The van der Waals surface area contributed by atoms with E-state index in [2.05, 4.69) is 52.8 Å². The van der Waals surface area contributed by atoms with Crippen molar-refractivity contribution in [3.63, 3.8) is 0 Å². The van der Waals surface area contributed by atoms with Gasteiger partial charge >= 0.3 is 0 Å². The number of imide groups is 1. The minimum Gasteiger partial charge on any atom is -0.610 e. The molecule has 31 nitrogen and oxygen atoms in total. The maximum Gasteiger partial charge on any atom is 0.253 e. The van der Waals surface area contributed by atoms with Gasteiger partial charge in [0.2, 0.25) is 70.5 Å². The first kappa shape index (κ1) is 75.2. The van der Waals surface area contributed by atoms with Crippen LogP contribution in [0.1, 0.15) is 103 Å². The van der Waals surface area contributed by atoms with Crippen molar-refractivity contribution in [1.82, 2.24) is 62.6 Å². The molecule has 3 aliphatic heterocycles. The van der Waals surface area contributed by atoms with Crippen LogP contribution in [0.2, 0.25) is 0 Å². The van der Waals surface area contributed by atoms with Gasteiger partial charge in [0.1, 0.15) is 35.7 Å². The van der Waals surface area contributed by atoms with Crippen LogP contribution in [0.4, 0.5) is 0 Å². The molecule has 15 N–H and O–H groups in total. The van der Waals surface area contributed by atoms with Gasteiger partial charge in [-0.25, -0.2) is 0 Å². The molecular weight excluding hydrogens is 1270 g/mol. The van der Waals surface area contributed by atoms with Crippen LogP contribution in [0.3, 0.4) is 0 Å². The van der Waals surface area contributed by atoms with Gasteiger partial charge in [-0.05, 0) is 68.9 Å². The number of primary amides is 1. The van der Waals surface area contributed by atoms with E-state index in [0.717, 1.165) is 17.7 Å². The highest BCUT2D eigenvalue weighted by Crippen LogP contribution is 2.37.